The Morgan fingerprint density at radius 2 is 2.04 bits per heavy atom. The van der Waals surface area contributed by atoms with Crippen LogP contribution in [0.2, 0.25) is 0 Å². The summed E-state index contributed by atoms with van der Waals surface area (Å²) in [6, 6.07) is 3.15. The van der Waals surface area contributed by atoms with Crippen LogP contribution < -0.4 is 0 Å². The molecular formula is C15H20N2O5S. The Balaban J connectivity index is 1.61. The molecule has 23 heavy (non-hydrogen) atoms. The van der Waals surface area contributed by atoms with Crippen molar-refractivity contribution >= 4 is 21.7 Å². The van der Waals surface area contributed by atoms with Crippen molar-refractivity contribution in [1.29, 1.82) is 0 Å². The van der Waals surface area contributed by atoms with E-state index in [4.69, 9.17) is 4.74 Å². The summed E-state index contributed by atoms with van der Waals surface area (Å²) in [6.45, 7) is -0.350. The summed E-state index contributed by atoms with van der Waals surface area (Å²) in [5, 5.41) is 0. The second-order valence-corrected chi connectivity index (χ2v) is 8.40. The van der Waals surface area contributed by atoms with E-state index in [1.165, 1.54) is 0 Å². The monoisotopic (exact) mass is 340 g/mol. The van der Waals surface area contributed by atoms with Crippen molar-refractivity contribution in [3.05, 3.63) is 24.0 Å². The number of carbonyl (C=O) groups is 2. The number of aromatic nitrogens is 1. The highest BCUT2D eigenvalue weighted by Gasteiger charge is 2.42. The summed E-state index contributed by atoms with van der Waals surface area (Å²) in [6.07, 6.45) is 3.96. The van der Waals surface area contributed by atoms with Gasteiger partial charge in [0.05, 0.1) is 11.5 Å². The average Bonchev–Trinajstić information content (AvgIpc) is 3.12. The van der Waals surface area contributed by atoms with E-state index in [2.05, 4.69) is 0 Å². The van der Waals surface area contributed by atoms with E-state index in [1.807, 2.05) is 0 Å². The van der Waals surface area contributed by atoms with Crippen LogP contribution in [-0.4, -0.2) is 60.0 Å². The van der Waals surface area contributed by atoms with Crippen LogP contribution in [0.1, 0.15) is 29.8 Å². The Bertz CT molecular complexity index is 720. The van der Waals surface area contributed by atoms with Crippen molar-refractivity contribution in [1.82, 2.24) is 9.47 Å². The molecule has 2 heterocycles. The number of ether oxygens (including phenoxy) is 1. The molecule has 3 rings (SSSR count). The van der Waals surface area contributed by atoms with Gasteiger partial charge >= 0.3 is 5.97 Å². The first-order valence-electron chi connectivity index (χ1n) is 7.67. The van der Waals surface area contributed by atoms with Crippen LogP contribution in [0.4, 0.5) is 0 Å². The summed E-state index contributed by atoms with van der Waals surface area (Å²) in [4.78, 5) is 26.0. The molecule has 0 aromatic carbocycles. The van der Waals surface area contributed by atoms with Crippen molar-refractivity contribution in [3.8, 4) is 0 Å². The first-order chi connectivity index (χ1) is 10.9. The molecule has 2 fully saturated rings. The number of carbonyl (C=O) groups excluding carboxylic acids is 2. The zero-order chi connectivity index (χ0) is 16.6. The number of nitrogens with zero attached hydrogens (tertiary/aromatic N) is 2. The SMILES string of the molecule is Cn1cccc1C(=O)OCC(=O)N(C1CC1)[C@@H]1CCS(=O)(=O)C1. The minimum absolute atomic E-state index is 0.0149. The molecule has 0 bridgehead atoms. The standard InChI is InChI=1S/C15H20N2O5S/c1-16-7-2-3-13(16)15(19)22-9-14(18)17(11-4-5-11)12-6-8-23(20,21)10-12/h2-3,7,11-12H,4-6,8-10H2,1H3/t12-/m1/s1. The highest BCUT2D eigenvalue weighted by molar-refractivity contribution is 7.91. The summed E-state index contributed by atoms with van der Waals surface area (Å²) < 4.78 is 30.0. The Morgan fingerprint density at radius 1 is 1.30 bits per heavy atom. The number of hydrogen-bond donors (Lipinski definition) is 0. The number of sulfone groups is 1. The van der Waals surface area contributed by atoms with E-state index in [0.29, 0.717) is 12.1 Å². The molecule has 1 saturated heterocycles. The molecule has 2 aliphatic rings. The average molecular weight is 340 g/mol. The molecule has 8 heteroatoms. The third-order valence-corrected chi connectivity index (χ3v) is 6.06. The Hall–Kier alpha value is -1.83. The zero-order valence-electron chi connectivity index (χ0n) is 13.0. The summed E-state index contributed by atoms with van der Waals surface area (Å²) >= 11 is 0. The third-order valence-electron chi connectivity index (χ3n) is 4.31. The summed E-state index contributed by atoms with van der Waals surface area (Å²) in [7, 11) is -1.34. The fraction of sp³-hybridized carbons (Fsp3) is 0.600. The molecule has 1 saturated carbocycles. The zero-order valence-corrected chi connectivity index (χ0v) is 13.8. The van der Waals surface area contributed by atoms with Crippen molar-refractivity contribution in [2.45, 2.75) is 31.3 Å². The molecule has 0 spiro atoms. The van der Waals surface area contributed by atoms with Gasteiger partial charge in [0, 0.05) is 25.3 Å². The van der Waals surface area contributed by atoms with Crippen LogP contribution in [0, 0.1) is 0 Å². The van der Waals surface area contributed by atoms with Crippen LogP contribution in [0.3, 0.4) is 0 Å². The van der Waals surface area contributed by atoms with Gasteiger partial charge in [0.1, 0.15) is 5.69 Å². The highest BCUT2D eigenvalue weighted by Crippen LogP contribution is 2.32. The quantitative estimate of drug-likeness (QED) is 0.723. The van der Waals surface area contributed by atoms with Gasteiger partial charge in [-0.15, -0.1) is 0 Å². The largest absolute Gasteiger partial charge is 0.451 e. The maximum Gasteiger partial charge on any atom is 0.355 e. The minimum Gasteiger partial charge on any atom is -0.451 e. The topological polar surface area (TPSA) is 85.7 Å². The molecule has 1 aromatic heterocycles. The Kier molecular flexibility index (Phi) is 4.18. The normalized spacial score (nSPS) is 22.7. The van der Waals surface area contributed by atoms with Crippen molar-refractivity contribution in [2.75, 3.05) is 18.1 Å². The molecule has 1 aliphatic heterocycles. The van der Waals surface area contributed by atoms with E-state index in [9.17, 15) is 18.0 Å². The Morgan fingerprint density at radius 3 is 2.57 bits per heavy atom. The molecular weight excluding hydrogens is 320 g/mol. The van der Waals surface area contributed by atoms with E-state index >= 15 is 0 Å². The van der Waals surface area contributed by atoms with Crippen molar-refractivity contribution in [3.63, 3.8) is 0 Å². The number of amides is 1. The molecule has 1 atom stereocenters. The van der Waals surface area contributed by atoms with E-state index in [0.717, 1.165) is 12.8 Å². The lowest BCUT2D eigenvalue weighted by Gasteiger charge is -2.28. The second kappa shape index (κ2) is 5.99. The number of hydrogen-bond acceptors (Lipinski definition) is 5. The van der Waals surface area contributed by atoms with Crippen molar-refractivity contribution in [2.24, 2.45) is 7.05 Å². The van der Waals surface area contributed by atoms with Gasteiger partial charge in [-0.05, 0) is 31.4 Å². The van der Waals surface area contributed by atoms with Crippen LogP contribution in [0.25, 0.3) is 0 Å². The molecule has 0 N–H and O–H groups in total. The van der Waals surface area contributed by atoms with Gasteiger partial charge in [-0.3, -0.25) is 4.79 Å². The van der Waals surface area contributed by atoms with Gasteiger partial charge in [0.2, 0.25) is 0 Å². The minimum atomic E-state index is -3.06. The fourth-order valence-electron chi connectivity index (χ4n) is 3.00. The van der Waals surface area contributed by atoms with Gasteiger partial charge in [0.15, 0.2) is 16.4 Å². The number of esters is 1. The van der Waals surface area contributed by atoms with Gasteiger partial charge in [-0.1, -0.05) is 0 Å². The number of rotatable bonds is 5. The molecule has 0 radical (unpaired) electrons. The molecule has 7 nitrogen and oxygen atoms in total. The highest BCUT2D eigenvalue weighted by atomic mass is 32.2. The van der Waals surface area contributed by atoms with Gasteiger partial charge in [-0.2, -0.15) is 0 Å². The Labute approximate surface area is 135 Å². The molecule has 1 aliphatic carbocycles. The fourth-order valence-corrected chi connectivity index (χ4v) is 4.71. The maximum absolute atomic E-state index is 12.4. The summed E-state index contributed by atoms with van der Waals surface area (Å²) in [5.74, 6) is -0.726. The molecule has 126 valence electrons. The predicted molar refractivity (Wildman–Crippen MR) is 82.6 cm³/mol. The van der Waals surface area contributed by atoms with Crippen LogP contribution in [0.5, 0.6) is 0 Å². The van der Waals surface area contributed by atoms with E-state index < -0.39 is 15.8 Å². The summed E-state index contributed by atoms with van der Waals surface area (Å²) in [5.41, 5.74) is 0.374. The van der Waals surface area contributed by atoms with Crippen LogP contribution >= 0.6 is 0 Å². The van der Waals surface area contributed by atoms with Crippen LogP contribution in [0.15, 0.2) is 18.3 Å². The lowest BCUT2D eigenvalue weighted by Crippen LogP contribution is -2.44. The lowest BCUT2D eigenvalue weighted by atomic mass is 10.2. The number of aryl methyl sites for hydroxylation is 1. The van der Waals surface area contributed by atoms with Gasteiger partial charge in [-0.25, -0.2) is 13.2 Å². The molecule has 1 amide bonds. The smallest absolute Gasteiger partial charge is 0.355 e. The van der Waals surface area contributed by atoms with Gasteiger partial charge in [0.25, 0.3) is 5.91 Å². The van der Waals surface area contributed by atoms with Crippen molar-refractivity contribution < 1.29 is 22.7 Å². The second-order valence-electron chi connectivity index (χ2n) is 6.17. The van der Waals surface area contributed by atoms with Crippen LogP contribution in [-0.2, 0) is 26.4 Å². The van der Waals surface area contributed by atoms with Gasteiger partial charge < -0.3 is 14.2 Å². The molecule has 0 unspecified atom stereocenters. The lowest BCUT2D eigenvalue weighted by molar-refractivity contribution is -0.137. The first kappa shape index (κ1) is 16.0. The van der Waals surface area contributed by atoms with E-state index in [-0.39, 0.29) is 36.1 Å². The maximum atomic E-state index is 12.4. The first-order valence-corrected chi connectivity index (χ1v) is 9.49. The third kappa shape index (κ3) is 3.57. The molecule has 1 aromatic rings. The predicted octanol–water partition coefficient (Wildman–Crippen LogP) is 0.360. The van der Waals surface area contributed by atoms with E-state index in [1.54, 1.807) is 34.8 Å².